The van der Waals surface area contributed by atoms with Gasteiger partial charge in [0.25, 0.3) is 6.43 Å². The van der Waals surface area contributed by atoms with E-state index in [9.17, 15) is 26.3 Å². The quantitative estimate of drug-likeness (QED) is 0.283. The first kappa shape index (κ1) is 33.2. The van der Waals surface area contributed by atoms with Crippen molar-refractivity contribution in [1.29, 1.82) is 0 Å². The van der Waals surface area contributed by atoms with Crippen LogP contribution < -0.4 is 25.8 Å². The number of aromatic nitrogens is 4. The maximum atomic E-state index is 16.6. The number of ether oxygens (including phenoxy) is 2. The van der Waals surface area contributed by atoms with Crippen molar-refractivity contribution < 1.29 is 40.2 Å². The fraction of sp³-hybridized carbons (Fsp3) is 0.600. The lowest BCUT2D eigenvalue weighted by Gasteiger charge is -2.30. The molecule has 2 saturated heterocycles. The molecular formula is C30H35F7N8O2. The summed E-state index contributed by atoms with van der Waals surface area (Å²) in [6.45, 7) is 5.43. The van der Waals surface area contributed by atoms with E-state index in [1.165, 1.54) is 0 Å². The second-order valence-corrected chi connectivity index (χ2v) is 12.3. The molecule has 0 radical (unpaired) electrons. The number of alkyl halides is 6. The van der Waals surface area contributed by atoms with Crippen molar-refractivity contribution in [3.05, 3.63) is 23.1 Å². The van der Waals surface area contributed by atoms with Crippen LogP contribution in [0, 0.1) is 5.82 Å². The molecule has 0 saturated carbocycles. The third kappa shape index (κ3) is 6.43. The van der Waals surface area contributed by atoms with Gasteiger partial charge in [-0.15, -0.1) is 0 Å². The fourth-order valence-corrected chi connectivity index (χ4v) is 6.94. The molecule has 4 atom stereocenters. The van der Waals surface area contributed by atoms with E-state index in [0.29, 0.717) is 38.5 Å². The average Bonchev–Trinajstić information content (AvgIpc) is 3.52. The van der Waals surface area contributed by atoms with Gasteiger partial charge in [-0.05, 0) is 45.2 Å². The highest BCUT2D eigenvalue weighted by atomic mass is 19.4. The van der Waals surface area contributed by atoms with Crippen molar-refractivity contribution in [2.24, 2.45) is 0 Å². The molecule has 3 aromatic rings. The monoisotopic (exact) mass is 672 g/mol. The first-order chi connectivity index (χ1) is 22.3. The molecule has 4 N–H and O–H groups in total. The molecule has 2 fully saturated rings. The van der Waals surface area contributed by atoms with E-state index in [1.807, 2.05) is 11.8 Å². The molecule has 3 aliphatic heterocycles. The van der Waals surface area contributed by atoms with Crippen LogP contribution in [0.15, 0.2) is 6.07 Å². The standard InChI is InChI=1S/C30H35F7N8O2/c1-3-16-9-14(2)47-27-19-23(21(32)22(42-27)17-10-18(38)41-24(25(33)34)20(17)30(35,36)37)43-28(44-26(19)40-7-6-39-16)46-13-29-5-4-8-45(29)12-15(31)11-29/h10,14-16,25,39H,3-9,11-13H2,1-2H3,(H2,38,41)(H,40,43,44)/t14-,15+,16?,29?/m0/s1. The SMILES string of the molecule is CCC1C[C@H](C)Oc2nc(-c3cc(N)nc(C(F)F)c3C(F)(F)F)c(F)c3nc(OCC45CCCN4C[C@H](F)C5)nc(c23)NCCN1. The Morgan fingerprint density at radius 2 is 1.98 bits per heavy atom. The van der Waals surface area contributed by atoms with Crippen molar-refractivity contribution >= 4 is 22.5 Å². The van der Waals surface area contributed by atoms with Crippen LogP contribution in [0.2, 0.25) is 0 Å². The van der Waals surface area contributed by atoms with E-state index < -0.39 is 70.1 Å². The highest BCUT2D eigenvalue weighted by Crippen LogP contribution is 2.46. The number of nitrogen functional groups attached to an aromatic ring is 1. The highest BCUT2D eigenvalue weighted by molar-refractivity contribution is 5.96. The zero-order valence-corrected chi connectivity index (χ0v) is 25.7. The van der Waals surface area contributed by atoms with Crippen LogP contribution in [0.4, 0.5) is 42.4 Å². The van der Waals surface area contributed by atoms with E-state index in [0.717, 1.165) is 12.8 Å². The molecule has 0 spiro atoms. The van der Waals surface area contributed by atoms with Crippen molar-refractivity contribution in [1.82, 2.24) is 30.2 Å². The molecule has 6 heterocycles. The summed E-state index contributed by atoms with van der Waals surface area (Å²) < 4.78 is 114. The van der Waals surface area contributed by atoms with E-state index >= 15 is 4.39 Å². The Bertz CT molecular complexity index is 1640. The number of hydrogen-bond acceptors (Lipinski definition) is 10. The highest BCUT2D eigenvalue weighted by Gasteiger charge is 2.49. The molecule has 3 aromatic heterocycles. The molecule has 10 nitrogen and oxygen atoms in total. The molecular weight excluding hydrogens is 637 g/mol. The summed E-state index contributed by atoms with van der Waals surface area (Å²) in [6.07, 6.45) is -7.73. The lowest BCUT2D eigenvalue weighted by Crippen LogP contribution is -2.43. The topological polar surface area (TPSA) is 123 Å². The van der Waals surface area contributed by atoms with E-state index in [1.54, 1.807) is 6.92 Å². The molecule has 0 aliphatic carbocycles. The third-order valence-corrected chi connectivity index (χ3v) is 9.05. The van der Waals surface area contributed by atoms with Gasteiger partial charge in [-0.25, -0.2) is 27.5 Å². The number of anilines is 2. The minimum Gasteiger partial charge on any atom is -0.474 e. The van der Waals surface area contributed by atoms with Crippen LogP contribution >= 0.6 is 0 Å². The normalized spacial score (nSPS) is 25.4. The second kappa shape index (κ2) is 12.7. The van der Waals surface area contributed by atoms with Crippen molar-refractivity contribution in [2.45, 2.75) is 82.4 Å². The summed E-state index contributed by atoms with van der Waals surface area (Å²) in [5, 5.41) is 6.41. The van der Waals surface area contributed by atoms with Gasteiger partial charge in [0, 0.05) is 37.7 Å². The number of fused-ring (bicyclic) bond motifs is 1. The summed E-state index contributed by atoms with van der Waals surface area (Å²) >= 11 is 0. The van der Waals surface area contributed by atoms with Gasteiger partial charge in [-0.2, -0.15) is 23.1 Å². The van der Waals surface area contributed by atoms with E-state index in [2.05, 4.69) is 30.6 Å². The van der Waals surface area contributed by atoms with Gasteiger partial charge in [0.2, 0.25) is 5.88 Å². The van der Waals surface area contributed by atoms with Crippen molar-refractivity contribution in [3.63, 3.8) is 0 Å². The van der Waals surface area contributed by atoms with Crippen LogP contribution in [0.1, 0.15) is 63.6 Å². The zero-order chi connectivity index (χ0) is 33.7. The minimum atomic E-state index is -5.38. The first-order valence-electron chi connectivity index (χ1n) is 15.5. The Kier molecular flexibility index (Phi) is 8.97. The Hall–Kier alpha value is -3.73. The molecule has 2 unspecified atom stereocenters. The number of nitrogens with one attached hydrogen (secondary N) is 2. The van der Waals surface area contributed by atoms with Crippen molar-refractivity contribution in [2.75, 3.05) is 43.8 Å². The number of halogens is 7. The van der Waals surface area contributed by atoms with Crippen LogP contribution in [-0.2, 0) is 6.18 Å². The molecule has 256 valence electrons. The van der Waals surface area contributed by atoms with Crippen LogP contribution in [0.3, 0.4) is 0 Å². The van der Waals surface area contributed by atoms with Gasteiger partial charge in [-0.3, -0.25) is 4.90 Å². The predicted molar refractivity (Wildman–Crippen MR) is 159 cm³/mol. The van der Waals surface area contributed by atoms with Gasteiger partial charge in [0.05, 0.1) is 17.2 Å². The predicted octanol–water partition coefficient (Wildman–Crippen LogP) is 5.67. The van der Waals surface area contributed by atoms with Gasteiger partial charge in [-0.1, -0.05) is 6.92 Å². The zero-order valence-electron chi connectivity index (χ0n) is 25.7. The average molecular weight is 673 g/mol. The summed E-state index contributed by atoms with van der Waals surface area (Å²) in [4.78, 5) is 18.1. The Labute approximate surface area is 265 Å². The summed E-state index contributed by atoms with van der Waals surface area (Å²) in [5.74, 6) is -2.33. The Balaban J connectivity index is 1.55. The molecule has 0 bridgehead atoms. The maximum absolute atomic E-state index is 16.6. The van der Waals surface area contributed by atoms with Gasteiger partial charge in [0.1, 0.15) is 46.7 Å². The maximum Gasteiger partial charge on any atom is 0.419 e. The number of pyridine rings is 2. The van der Waals surface area contributed by atoms with Crippen LogP contribution in [-0.4, -0.2) is 81.5 Å². The smallest absolute Gasteiger partial charge is 0.419 e. The number of hydrogen-bond donors (Lipinski definition) is 3. The molecule has 3 aliphatic rings. The summed E-state index contributed by atoms with van der Waals surface area (Å²) in [6, 6.07) is 0.327. The number of nitrogens with zero attached hydrogens (tertiary/aromatic N) is 5. The van der Waals surface area contributed by atoms with Gasteiger partial charge in [0.15, 0.2) is 5.82 Å². The number of rotatable bonds is 6. The largest absolute Gasteiger partial charge is 0.474 e. The van der Waals surface area contributed by atoms with Gasteiger partial charge < -0.3 is 25.8 Å². The fourth-order valence-electron chi connectivity index (χ4n) is 6.94. The van der Waals surface area contributed by atoms with Crippen LogP contribution in [0.25, 0.3) is 22.2 Å². The Morgan fingerprint density at radius 1 is 1.19 bits per heavy atom. The van der Waals surface area contributed by atoms with E-state index in [4.69, 9.17) is 15.2 Å². The molecule has 6 rings (SSSR count). The number of nitrogens with two attached hydrogens (primary N) is 1. The second-order valence-electron chi connectivity index (χ2n) is 12.3. The van der Waals surface area contributed by atoms with Crippen LogP contribution in [0.5, 0.6) is 11.9 Å². The summed E-state index contributed by atoms with van der Waals surface area (Å²) in [5.41, 5.74) is -1.01. The van der Waals surface area contributed by atoms with E-state index in [-0.39, 0.29) is 48.7 Å². The molecule has 17 heteroatoms. The lowest BCUT2D eigenvalue weighted by atomic mass is 9.95. The molecule has 47 heavy (non-hydrogen) atoms. The summed E-state index contributed by atoms with van der Waals surface area (Å²) in [7, 11) is 0. The molecule has 0 amide bonds. The molecule has 0 aromatic carbocycles. The Morgan fingerprint density at radius 3 is 2.70 bits per heavy atom. The van der Waals surface area contributed by atoms with Crippen molar-refractivity contribution in [3.8, 4) is 23.1 Å². The first-order valence-corrected chi connectivity index (χ1v) is 15.5. The minimum absolute atomic E-state index is 0.00168. The third-order valence-electron chi connectivity index (χ3n) is 9.05. The van der Waals surface area contributed by atoms with Gasteiger partial charge >= 0.3 is 12.2 Å². The lowest BCUT2D eigenvalue weighted by molar-refractivity contribution is -0.139.